The van der Waals surface area contributed by atoms with Crippen LogP contribution in [-0.4, -0.2) is 48.7 Å². The number of nitrogens with zero attached hydrogens (tertiary/aromatic N) is 4. The van der Waals surface area contributed by atoms with Gasteiger partial charge in [-0.05, 0) is 12.1 Å². The minimum atomic E-state index is -0.472. The first-order valence-electron chi connectivity index (χ1n) is 7.42. The van der Waals surface area contributed by atoms with Crippen molar-refractivity contribution in [1.82, 2.24) is 0 Å². The van der Waals surface area contributed by atoms with Crippen molar-refractivity contribution in [3.63, 3.8) is 0 Å². The van der Waals surface area contributed by atoms with Crippen LogP contribution in [0.2, 0.25) is 0 Å². The average Bonchev–Trinajstić information content (AvgIpc) is 2.95. The number of nitro groups is 1. The molecule has 0 amide bonds. The first kappa shape index (κ1) is 16.7. The third-order valence-electron chi connectivity index (χ3n) is 4.87. The van der Waals surface area contributed by atoms with E-state index < -0.39 is 4.92 Å². The van der Waals surface area contributed by atoms with Gasteiger partial charge >= 0.3 is 0 Å². The molecule has 2 aliphatic rings. The zero-order chi connectivity index (χ0) is 14.9. The van der Waals surface area contributed by atoms with E-state index in [4.69, 9.17) is 5.26 Å². The van der Waals surface area contributed by atoms with Crippen molar-refractivity contribution < 1.29 is 26.4 Å². The summed E-state index contributed by atoms with van der Waals surface area (Å²) < 4.78 is 1.22. The molecule has 7 heteroatoms. The molecule has 2 saturated heterocycles. The monoisotopic (exact) mass is 366 g/mol. The zero-order valence-electron chi connectivity index (χ0n) is 12.4. The minimum Gasteiger partial charge on any atom is -1.00 e. The second-order valence-corrected chi connectivity index (χ2v) is 6.00. The lowest BCUT2D eigenvalue weighted by atomic mass is 10.1. The van der Waals surface area contributed by atoms with E-state index in [0.717, 1.165) is 31.9 Å². The number of hydrogen-bond donors (Lipinski definition) is 0. The van der Waals surface area contributed by atoms with E-state index in [1.807, 2.05) is 12.1 Å². The summed E-state index contributed by atoms with van der Waals surface area (Å²) in [5.41, 5.74) is 0.896. The van der Waals surface area contributed by atoms with Gasteiger partial charge in [0.15, 0.2) is 0 Å². The Morgan fingerprint density at radius 3 is 2.36 bits per heavy atom. The highest BCUT2D eigenvalue weighted by molar-refractivity contribution is 5.60. The van der Waals surface area contributed by atoms with Crippen LogP contribution in [0, 0.1) is 21.4 Å². The second-order valence-electron chi connectivity index (χ2n) is 6.00. The van der Waals surface area contributed by atoms with Crippen LogP contribution in [0.3, 0.4) is 0 Å². The SMILES string of the molecule is N#Cc1ccc(N2CC[N+]3(CCCC3)CC2)cc1[N+](=O)[O-].[Br-]. The summed E-state index contributed by atoms with van der Waals surface area (Å²) >= 11 is 0. The molecule has 6 nitrogen and oxygen atoms in total. The fourth-order valence-corrected chi connectivity index (χ4v) is 3.56. The highest BCUT2D eigenvalue weighted by Gasteiger charge is 2.36. The van der Waals surface area contributed by atoms with Crippen LogP contribution in [0.4, 0.5) is 11.4 Å². The van der Waals surface area contributed by atoms with Crippen molar-refractivity contribution in [2.45, 2.75) is 12.8 Å². The third kappa shape index (κ3) is 3.08. The largest absolute Gasteiger partial charge is 1.00 e. The Morgan fingerprint density at radius 2 is 1.82 bits per heavy atom. The fourth-order valence-electron chi connectivity index (χ4n) is 3.56. The lowest BCUT2D eigenvalue weighted by Crippen LogP contribution is -3.00. The van der Waals surface area contributed by atoms with Gasteiger partial charge in [0.1, 0.15) is 11.6 Å². The van der Waals surface area contributed by atoms with Gasteiger partial charge in [-0.3, -0.25) is 10.1 Å². The summed E-state index contributed by atoms with van der Waals surface area (Å²) in [6.07, 6.45) is 2.64. The molecule has 1 spiro atoms. The highest BCUT2D eigenvalue weighted by Crippen LogP contribution is 2.28. The molecule has 3 rings (SSSR count). The van der Waals surface area contributed by atoms with Crippen molar-refractivity contribution in [3.05, 3.63) is 33.9 Å². The van der Waals surface area contributed by atoms with E-state index in [1.54, 1.807) is 6.07 Å². The molecule has 1 aromatic carbocycles. The number of quaternary nitrogens is 1. The quantitative estimate of drug-likeness (QED) is 0.378. The minimum absolute atomic E-state index is 0. The summed E-state index contributed by atoms with van der Waals surface area (Å²) in [7, 11) is 0. The Morgan fingerprint density at radius 1 is 1.18 bits per heavy atom. The molecular formula is C15H19BrN4O2. The molecule has 0 saturated carbocycles. The molecule has 0 atom stereocenters. The maximum Gasteiger partial charge on any atom is 0.289 e. The van der Waals surface area contributed by atoms with Gasteiger partial charge in [0.25, 0.3) is 5.69 Å². The van der Waals surface area contributed by atoms with Crippen LogP contribution in [0.5, 0.6) is 0 Å². The Bertz CT molecular complexity index is 598. The van der Waals surface area contributed by atoms with Gasteiger partial charge in [-0.1, -0.05) is 0 Å². The van der Waals surface area contributed by atoms with Gasteiger partial charge in [0.05, 0.1) is 44.2 Å². The number of nitro benzene ring substituents is 1. The van der Waals surface area contributed by atoms with Gasteiger partial charge in [0, 0.05) is 24.6 Å². The number of benzene rings is 1. The lowest BCUT2D eigenvalue weighted by Gasteiger charge is -2.42. The molecule has 22 heavy (non-hydrogen) atoms. The van der Waals surface area contributed by atoms with E-state index in [2.05, 4.69) is 4.90 Å². The predicted molar refractivity (Wildman–Crippen MR) is 79.0 cm³/mol. The zero-order valence-corrected chi connectivity index (χ0v) is 14.0. The van der Waals surface area contributed by atoms with Gasteiger partial charge in [-0.25, -0.2) is 0 Å². The summed E-state index contributed by atoms with van der Waals surface area (Å²) in [5.74, 6) is 0. The lowest BCUT2D eigenvalue weighted by molar-refractivity contribution is -0.917. The normalized spacial score (nSPS) is 19.5. The smallest absolute Gasteiger partial charge is 0.289 e. The van der Waals surface area contributed by atoms with Crippen LogP contribution < -0.4 is 21.9 Å². The van der Waals surface area contributed by atoms with Crippen LogP contribution in [0.1, 0.15) is 18.4 Å². The van der Waals surface area contributed by atoms with Gasteiger partial charge in [0.2, 0.25) is 0 Å². The Kier molecular flexibility index (Phi) is 5.04. The number of hydrogen-bond acceptors (Lipinski definition) is 4. The standard InChI is InChI=1S/C15H19N4O2.BrH/c16-12-13-3-4-14(11-15(13)18(20)21)17-5-9-19(10-6-17)7-1-2-8-19;/h3-4,11H,1-2,5-10H2;1H/q+1;/p-1. The van der Waals surface area contributed by atoms with Crippen LogP contribution in [-0.2, 0) is 0 Å². The molecule has 1 aromatic rings. The second kappa shape index (κ2) is 6.63. The van der Waals surface area contributed by atoms with E-state index in [9.17, 15) is 10.1 Å². The van der Waals surface area contributed by atoms with Crippen molar-refractivity contribution >= 4 is 11.4 Å². The van der Waals surface area contributed by atoms with Gasteiger partial charge in [-0.2, -0.15) is 5.26 Å². The van der Waals surface area contributed by atoms with Crippen molar-refractivity contribution in [2.75, 3.05) is 44.2 Å². The van der Waals surface area contributed by atoms with Crippen molar-refractivity contribution in [3.8, 4) is 6.07 Å². The van der Waals surface area contributed by atoms with E-state index in [1.165, 1.54) is 36.5 Å². The highest BCUT2D eigenvalue weighted by atomic mass is 79.9. The number of anilines is 1. The summed E-state index contributed by atoms with van der Waals surface area (Å²) in [5, 5.41) is 20.0. The summed E-state index contributed by atoms with van der Waals surface area (Å²) in [4.78, 5) is 12.8. The molecule has 0 aromatic heterocycles. The fraction of sp³-hybridized carbons (Fsp3) is 0.533. The van der Waals surface area contributed by atoms with Gasteiger partial charge < -0.3 is 26.4 Å². The molecule has 0 N–H and O–H groups in total. The molecule has 2 fully saturated rings. The van der Waals surface area contributed by atoms with E-state index >= 15 is 0 Å². The predicted octanol–water partition coefficient (Wildman–Crippen LogP) is -1.10. The molecule has 118 valence electrons. The number of rotatable bonds is 2. The van der Waals surface area contributed by atoms with Crippen molar-refractivity contribution in [1.29, 1.82) is 5.26 Å². The van der Waals surface area contributed by atoms with Gasteiger partial charge in [-0.15, -0.1) is 0 Å². The maximum absolute atomic E-state index is 11.1. The number of piperazine rings is 1. The third-order valence-corrected chi connectivity index (χ3v) is 4.87. The summed E-state index contributed by atoms with van der Waals surface area (Å²) in [6, 6.07) is 6.81. The molecular weight excluding hydrogens is 348 g/mol. The van der Waals surface area contributed by atoms with E-state index in [-0.39, 0.29) is 28.2 Å². The number of halogens is 1. The molecule has 0 radical (unpaired) electrons. The van der Waals surface area contributed by atoms with Crippen molar-refractivity contribution in [2.24, 2.45) is 0 Å². The first-order chi connectivity index (χ1) is 10.1. The molecule has 0 unspecified atom stereocenters. The van der Waals surface area contributed by atoms with Crippen LogP contribution in [0.15, 0.2) is 18.2 Å². The molecule has 2 aliphatic heterocycles. The number of nitriles is 1. The maximum atomic E-state index is 11.1. The Labute approximate surface area is 140 Å². The van der Waals surface area contributed by atoms with Crippen LogP contribution >= 0.6 is 0 Å². The average molecular weight is 367 g/mol. The first-order valence-corrected chi connectivity index (χ1v) is 7.42. The van der Waals surface area contributed by atoms with Crippen LogP contribution in [0.25, 0.3) is 0 Å². The molecule has 0 bridgehead atoms. The summed E-state index contributed by atoms with van der Waals surface area (Å²) in [6.45, 7) is 6.66. The van der Waals surface area contributed by atoms with E-state index in [0.29, 0.717) is 0 Å². The Balaban J connectivity index is 0.00000176. The molecule has 2 heterocycles. The molecule has 0 aliphatic carbocycles. The topological polar surface area (TPSA) is 70.2 Å². The Hall–Kier alpha value is -1.65.